The summed E-state index contributed by atoms with van der Waals surface area (Å²) < 4.78 is 0. The molecule has 2 N–H and O–H groups in total. The number of aliphatic hydroxyl groups is 1. The van der Waals surface area contributed by atoms with Crippen molar-refractivity contribution in [3.63, 3.8) is 0 Å². The van der Waals surface area contributed by atoms with Crippen molar-refractivity contribution in [2.45, 2.75) is 58.5 Å². The van der Waals surface area contributed by atoms with E-state index in [1.54, 1.807) is 0 Å². The Morgan fingerprint density at radius 3 is 2.62 bits per heavy atom. The van der Waals surface area contributed by atoms with Gasteiger partial charge in [-0.1, -0.05) is 20.3 Å². The average Bonchev–Trinajstić information content (AvgIpc) is 2.28. The molecule has 3 heteroatoms. The molecule has 1 aliphatic rings. The highest BCUT2D eigenvalue weighted by Gasteiger charge is 2.21. The fourth-order valence-electron chi connectivity index (χ4n) is 2.50. The maximum atomic E-state index is 11.8. The first-order valence-electron chi connectivity index (χ1n) is 6.63. The van der Waals surface area contributed by atoms with Crippen LogP contribution in [0.4, 0.5) is 0 Å². The second kappa shape index (κ2) is 6.89. The molecule has 0 bridgehead atoms. The third-order valence-electron chi connectivity index (χ3n) is 3.68. The summed E-state index contributed by atoms with van der Waals surface area (Å²) in [5.74, 6) is 0.820. The lowest BCUT2D eigenvalue weighted by Crippen LogP contribution is -2.36. The number of amides is 1. The van der Waals surface area contributed by atoms with Gasteiger partial charge in [0.1, 0.15) is 0 Å². The first-order valence-corrected chi connectivity index (χ1v) is 6.63. The highest BCUT2D eigenvalue weighted by Crippen LogP contribution is 2.23. The number of rotatable bonds is 5. The van der Waals surface area contributed by atoms with Crippen molar-refractivity contribution in [1.29, 1.82) is 0 Å². The normalized spacial score (nSPS) is 25.8. The molecule has 1 saturated carbocycles. The van der Waals surface area contributed by atoms with Gasteiger partial charge in [-0.15, -0.1) is 0 Å². The van der Waals surface area contributed by atoms with E-state index in [9.17, 15) is 9.90 Å². The van der Waals surface area contributed by atoms with Gasteiger partial charge in [-0.05, 0) is 38.0 Å². The highest BCUT2D eigenvalue weighted by atomic mass is 16.3. The van der Waals surface area contributed by atoms with Gasteiger partial charge in [0.25, 0.3) is 0 Å². The van der Waals surface area contributed by atoms with E-state index in [-0.39, 0.29) is 17.9 Å². The SMILES string of the molecule is CCC(CC)C(=O)NCC1CCCC(O)C1. The van der Waals surface area contributed by atoms with E-state index in [0.29, 0.717) is 5.92 Å². The van der Waals surface area contributed by atoms with Gasteiger partial charge in [0, 0.05) is 12.5 Å². The standard InChI is InChI=1S/C13H25NO2/c1-3-11(4-2)13(16)14-9-10-6-5-7-12(15)8-10/h10-12,15H,3-9H2,1-2H3,(H,14,16). The van der Waals surface area contributed by atoms with Crippen LogP contribution in [0.25, 0.3) is 0 Å². The molecule has 2 atom stereocenters. The van der Waals surface area contributed by atoms with Gasteiger partial charge in [-0.3, -0.25) is 4.79 Å². The van der Waals surface area contributed by atoms with Crippen LogP contribution in [0.5, 0.6) is 0 Å². The summed E-state index contributed by atoms with van der Waals surface area (Å²) in [4.78, 5) is 11.8. The van der Waals surface area contributed by atoms with E-state index < -0.39 is 0 Å². The Morgan fingerprint density at radius 2 is 2.06 bits per heavy atom. The van der Waals surface area contributed by atoms with Crippen LogP contribution in [0.15, 0.2) is 0 Å². The number of carbonyl (C=O) groups excluding carboxylic acids is 1. The van der Waals surface area contributed by atoms with Crippen LogP contribution in [-0.2, 0) is 4.79 Å². The molecule has 2 unspecified atom stereocenters. The molecule has 0 aromatic heterocycles. The predicted molar refractivity (Wildman–Crippen MR) is 65.0 cm³/mol. The van der Waals surface area contributed by atoms with E-state index in [4.69, 9.17) is 0 Å². The minimum atomic E-state index is -0.149. The Kier molecular flexibility index (Phi) is 5.81. The Labute approximate surface area is 98.6 Å². The predicted octanol–water partition coefficient (Wildman–Crippen LogP) is 2.09. The maximum absolute atomic E-state index is 11.8. The number of hydrogen-bond donors (Lipinski definition) is 2. The van der Waals surface area contributed by atoms with E-state index in [1.165, 1.54) is 0 Å². The maximum Gasteiger partial charge on any atom is 0.223 e. The molecule has 16 heavy (non-hydrogen) atoms. The van der Waals surface area contributed by atoms with Crippen molar-refractivity contribution < 1.29 is 9.90 Å². The van der Waals surface area contributed by atoms with Crippen LogP contribution in [-0.4, -0.2) is 23.7 Å². The fraction of sp³-hybridized carbons (Fsp3) is 0.923. The van der Waals surface area contributed by atoms with E-state index in [2.05, 4.69) is 19.2 Å². The average molecular weight is 227 g/mol. The third kappa shape index (κ3) is 4.12. The summed E-state index contributed by atoms with van der Waals surface area (Å²) in [5, 5.41) is 12.6. The molecular weight excluding hydrogens is 202 g/mol. The van der Waals surface area contributed by atoms with Gasteiger partial charge in [-0.25, -0.2) is 0 Å². The van der Waals surface area contributed by atoms with Gasteiger partial charge >= 0.3 is 0 Å². The zero-order valence-corrected chi connectivity index (χ0v) is 10.5. The fourth-order valence-corrected chi connectivity index (χ4v) is 2.50. The van der Waals surface area contributed by atoms with Gasteiger partial charge in [0.15, 0.2) is 0 Å². The summed E-state index contributed by atoms with van der Waals surface area (Å²) in [7, 11) is 0. The lowest BCUT2D eigenvalue weighted by atomic mass is 9.87. The molecule has 0 aromatic carbocycles. The van der Waals surface area contributed by atoms with Crippen LogP contribution < -0.4 is 5.32 Å². The van der Waals surface area contributed by atoms with Crippen molar-refractivity contribution in [3.8, 4) is 0 Å². The summed E-state index contributed by atoms with van der Waals surface area (Å²) in [6.45, 7) is 4.85. The summed E-state index contributed by atoms with van der Waals surface area (Å²) >= 11 is 0. The van der Waals surface area contributed by atoms with Gasteiger partial charge < -0.3 is 10.4 Å². The first kappa shape index (κ1) is 13.5. The molecule has 0 heterocycles. The summed E-state index contributed by atoms with van der Waals surface area (Å²) in [6.07, 6.45) is 5.68. The number of aliphatic hydroxyl groups excluding tert-OH is 1. The van der Waals surface area contributed by atoms with Crippen molar-refractivity contribution in [1.82, 2.24) is 5.32 Å². The monoisotopic (exact) mass is 227 g/mol. The van der Waals surface area contributed by atoms with Crippen LogP contribution in [0.3, 0.4) is 0 Å². The minimum absolute atomic E-state index is 0.149. The van der Waals surface area contributed by atoms with Crippen molar-refractivity contribution in [2.75, 3.05) is 6.54 Å². The Hall–Kier alpha value is -0.570. The van der Waals surface area contributed by atoms with Crippen LogP contribution in [0.2, 0.25) is 0 Å². The second-order valence-corrected chi connectivity index (χ2v) is 4.95. The van der Waals surface area contributed by atoms with E-state index in [1.807, 2.05) is 0 Å². The van der Waals surface area contributed by atoms with Crippen molar-refractivity contribution in [3.05, 3.63) is 0 Å². The third-order valence-corrected chi connectivity index (χ3v) is 3.68. The van der Waals surface area contributed by atoms with Crippen molar-refractivity contribution in [2.24, 2.45) is 11.8 Å². The highest BCUT2D eigenvalue weighted by molar-refractivity contribution is 5.78. The minimum Gasteiger partial charge on any atom is -0.393 e. The first-order chi connectivity index (χ1) is 7.67. The van der Waals surface area contributed by atoms with E-state index >= 15 is 0 Å². The second-order valence-electron chi connectivity index (χ2n) is 4.95. The Balaban J connectivity index is 2.25. The number of hydrogen-bond acceptors (Lipinski definition) is 2. The largest absolute Gasteiger partial charge is 0.393 e. The molecule has 1 fully saturated rings. The molecule has 1 amide bonds. The van der Waals surface area contributed by atoms with E-state index in [0.717, 1.165) is 45.1 Å². The van der Waals surface area contributed by atoms with Crippen molar-refractivity contribution >= 4 is 5.91 Å². The van der Waals surface area contributed by atoms with Gasteiger partial charge in [0.05, 0.1) is 6.10 Å². The smallest absolute Gasteiger partial charge is 0.223 e. The molecule has 0 radical (unpaired) electrons. The molecule has 0 spiro atoms. The van der Waals surface area contributed by atoms with Crippen LogP contribution >= 0.6 is 0 Å². The van der Waals surface area contributed by atoms with Crippen LogP contribution in [0.1, 0.15) is 52.4 Å². The summed E-state index contributed by atoms with van der Waals surface area (Å²) in [6, 6.07) is 0. The molecule has 0 aliphatic heterocycles. The molecule has 3 nitrogen and oxygen atoms in total. The lowest BCUT2D eigenvalue weighted by Gasteiger charge is -2.26. The summed E-state index contributed by atoms with van der Waals surface area (Å²) in [5.41, 5.74) is 0. The quantitative estimate of drug-likeness (QED) is 0.755. The zero-order chi connectivity index (χ0) is 12.0. The Bertz CT molecular complexity index is 214. The van der Waals surface area contributed by atoms with Gasteiger partial charge in [-0.2, -0.15) is 0 Å². The molecule has 1 aliphatic carbocycles. The van der Waals surface area contributed by atoms with Crippen LogP contribution in [0, 0.1) is 11.8 Å². The number of carbonyl (C=O) groups is 1. The Morgan fingerprint density at radius 1 is 1.38 bits per heavy atom. The zero-order valence-electron chi connectivity index (χ0n) is 10.5. The molecule has 1 rings (SSSR count). The number of nitrogens with one attached hydrogen (secondary N) is 1. The lowest BCUT2D eigenvalue weighted by molar-refractivity contribution is -0.125. The topological polar surface area (TPSA) is 49.3 Å². The molecular formula is C13H25NO2. The molecule has 94 valence electrons. The molecule has 0 aromatic rings. The molecule has 0 saturated heterocycles. The van der Waals surface area contributed by atoms with Gasteiger partial charge in [0.2, 0.25) is 5.91 Å².